The predicted octanol–water partition coefficient (Wildman–Crippen LogP) is 2.50. The lowest BCUT2D eigenvalue weighted by Gasteiger charge is -2.19. The molecule has 0 radical (unpaired) electrons. The van der Waals surface area contributed by atoms with Gasteiger partial charge in [-0.2, -0.15) is 4.72 Å². The van der Waals surface area contributed by atoms with Crippen molar-refractivity contribution in [3.05, 3.63) is 96.1 Å². The molecular formula is C22H22N4O3S. The van der Waals surface area contributed by atoms with E-state index in [-0.39, 0.29) is 17.2 Å². The van der Waals surface area contributed by atoms with Crippen molar-refractivity contribution in [1.82, 2.24) is 4.72 Å². The molecule has 0 aliphatic heterocycles. The highest BCUT2D eigenvalue weighted by Gasteiger charge is 2.26. The summed E-state index contributed by atoms with van der Waals surface area (Å²) in [5, 5.41) is 10.2. The van der Waals surface area contributed by atoms with Crippen LogP contribution < -0.4 is 15.8 Å². The molecule has 0 fully saturated rings. The molecule has 0 spiro atoms. The highest BCUT2D eigenvalue weighted by Crippen LogP contribution is 2.14. The topological polar surface area (TPSA) is 125 Å². The molecular weight excluding hydrogens is 400 g/mol. The first kappa shape index (κ1) is 21.2. The van der Waals surface area contributed by atoms with Crippen LogP contribution in [0.25, 0.3) is 0 Å². The maximum Gasteiger partial charge on any atom is 0.242 e. The second-order valence-corrected chi connectivity index (χ2v) is 8.37. The minimum Gasteiger partial charge on any atom is -0.384 e. The molecule has 1 atom stereocenters. The zero-order valence-electron chi connectivity index (χ0n) is 16.1. The van der Waals surface area contributed by atoms with Crippen molar-refractivity contribution in [3.8, 4) is 0 Å². The number of carbonyl (C=O) groups excluding carboxylic acids is 1. The van der Waals surface area contributed by atoms with Gasteiger partial charge in [-0.3, -0.25) is 10.2 Å². The zero-order chi connectivity index (χ0) is 21.6. The SMILES string of the molecule is N=C(N)c1ccc(S(=O)(=O)NC(Cc2ccccc2)C(=O)Nc2ccccc2)cc1. The summed E-state index contributed by atoms with van der Waals surface area (Å²) >= 11 is 0. The summed E-state index contributed by atoms with van der Waals surface area (Å²) in [5.74, 6) is -0.620. The number of amides is 1. The molecule has 3 aromatic carbocycles. The lowest BCUT2D eigenvalue weighted by molar-refractivity contribution is -0.117. The average Bonchev–Trinajstić information content (AvgIpc) is 2.74. The highest BCUT2D eigenvalue weighted by atomic mass is 32.2. The molecule has 0 aliphatic rings. The summed E-state index contributed by atoms with van der Waals surface area (Å²) in [6.07, 6.45) is 0.185. The van der Waals surface area contributed by atoms with Crippen molar-refractivity contribution in [2.24, 2.45) is 5.73 Å². The summed E-state index contributed by atoms with van der Waals surface area (Å²) in [4.78, 5) is 12.9. The van der Waals surface area contributed by atoms with Gasteiger partial charge in [0.15, 0.2) is 0 Å². The number of nitrogens with two attached hydrogens (primary N) is 1. The Labute approximate surface area is 175 Å². The lowest BCUT2D eigenvalue weighted by atomic mass is 10.1. The van der Waals surface area contributed by atoms with Crippen LogP contribution in [0.3, 0.4) is 0 Å². The third-order valence-corrected chi connectivity index (χ3v) is 5.90. The second kappa shape index (κ2) is 9.34. The maximum atomic E-state index is 12.9. The van der Waals surface area contributed by atoms with Crippen LogP contribution >= 0.6 is 0 Å². The van der Waals surface area contributed by atoms with Gasteiger partial charge in [0.1, 0.15) is 11.9 Å². The molecule has 0 bridgehead atoms. The number of nitrogens with one attached hydrogen (secondary N) is 3. The van der Waals surface area contributed by atoms with E-state index in [9.17, 15) is 13.2 Å². The summed E-state index contributed by atoms with van der Waals surface area (Å²) in [7, 11) is -3.98. The number of rotatable bonds is 8. The van der Waals surface area contributed by atoms with E-state index in [2.05, 4.69) is 10.0 Å². The molecule has 154 valence electrons. The number of nitrogen functional groups attached to an aromatic ring is 1. The molecule has 0 saturated heterocycles. The van der Waals surface area contributed by atoms with Crippen LogP contribution in [-0.4, -0.2) is 26.2 Å². The largest absolute Gasteiger partial charge is 0.384 e. The normalized spacial score (nSPS) is 12.1. The predicted molar refractivity (Wildman–Crippen MR) is 117 cm³/mol. The van der Waals surface area contributed by atoms with Gasteiger partial charge in [0.25, 0.3) is 0 Å². The maximum absolute atomic E-state index is 12.9. The van der Waals surface area contributed by atoms with E-state index in [1.807, 2.05) is 36.4 Å². The second-order valence-electron chi connectivity index (χ2n) is 6.66. The fourth-order valence-corrected chi connectivity index (χ4v) is 4.05. The molecule has 0 saturated carbocycles. The number of sulfonamides is 1. The number of carbonyl (C=O) groups is 1. The molecule has 0 aromatic heterocycles. The quantitative estimate of drug-likeness (QED) is 0.329. The molecule has 1 unspecified atom stereocenters. The molecule has 5 N–H and O–H groups in total. The van der Waals surface area contributed by atoms with Gasteiger partial charge in [-0.1, -0.05) is 48.5 Å². The van der Waals surface area contributed by atoms with Gasteiger partial charge in [-0.15, -0.1) is 0 Å². The van der Waals surface area contributed by atoms with Crippen LogP contribution in [0.4, 0.5) is 5.69 Å². The first-order valence-electron chi connectivity index (χ1n) is 9.22. The van der Waals surface area contributed by atoms with Crippen molar-refractivity contribution in [2.45, 2.75) is 17.4 Å². The van der Waals surface area contributed by atoms with Crippen molar-refractivity contribution in [3.63, 3.8) is 0 Å². The van der Waals surface area contributed by atoms with Gasteiger partial charge >= 0.3 is 0 Å². The Morgan fingerprint density at radius 1 is 0.900 bits per heavy atom. The molecule has 8 heteroatoms. The van der Waals surface area contributed by atoms with Gasteiger partial charge in [-0.05, 0) is 48.4 Å². The fraction of sp³-hybridized carbons (Fsp3) is 0.0909. The van der Waals surface area contributed by atoms with E-state index in [1.165, 1.54) is 24.3 Å². The summed E-state index contributed by atoms with van der Waals surface area (Å²) in [5.41, 5.74) is 7.23. The van der Waals surface area contributed by atoms with E-state index < -0.39 is 22.0 Å². The number of hydrogen-bond donors (Lipinski definition) is 4. The Morgan fingerprint density at radius 3 is 2.03 bits per heavy atom. The molecule has 0 heterocycles. The van der Waals surface area contributed by atoms with Crippen LogP contribution in [0.2, 0.25) is 0 Å². The number of benzene rings is 3. The summed E-state index contributed by atoms with van der Waals surface area (Å²) in [6, 6.07) is 22.6. The van der Waals surface area contributed by atoms with Crippen LogP contribution in [0.5, 0.6) is 0 Å². The van der Waals surface area contributed by atoms with Crippen molar-refractivity contribution < 1.29 is 13.2 Å². The first-order valence-corrected chi connectivity index (χ1v) is 10.7. The Bertz CT molecular complexity index is 1120. The first-order chi connectivity index (χ1) is 14.3. The number of anilines is 1. The molecule has 3 aromatic rings. The third-order valence-electron chi connectivity index (χ3n) is 4.41. The number of amidine groups is 1. The number of hydrogen-bond acceptors (Lipinski definition) is 4. The van der Waals surface area contributed by atoms with Crippen molar-refractivity contribution >= 4 is 27.5 Å². The average molecular weight is 423 g/mol. The molecule has 3 rings (SSSR count). The fourth-order valence-electron chi connectivity index (χ4n) is 2.86. The number of para-hydroxylation sites is 1. The smallest absolute Gasteiger partial charge is 0.242 e. The van der Waals surface area contributed by atoms with E-state index >= 15 is 0 Å². The summed E-state index contributed by atoms with van der Waals surface area (Å²) < 4.78 is 28.3. The van der Waals surface area contributed by atoms with E-state index in [1.54, 1.807) is 24.3 Å². The molecule has 30 heavy (non-hydrogen) atoms. The van der Waals surface area contributed by atoms with Gasteiger partial charge < -0.3 is 11.1 Å². The standard InChI is InChI=1S/C22H22N4O3S/c23-21(24)17-11-13-19(14-12-17)30(28,29)26-20(15-16-7-3-1-4-8-16)22(27)25-18-9-5-2-6-10-18/h1-14,20,26H,15H2,(H3,23,24)(H,25,27). The van der Waals surface area contributed by atoms with Gasteiger partial charge in [-0.25, -0.2) is 8.42 Å². The van der Waals surface area contributed by atoms with Crippen molar-refractivity contribution in [2.75, 3.05) is 5.32 Å². The van der Waals surface area contributed by atoms with Gasteiger partial charge in [0, 0.05) is 11.3 Å². The highest BCUT2D eigenvalue weighted by molar-refractivity contribution is 7.89. The lowest BCUT2D eigenvalue weighted by Crippen LogP contribution is -2.45. The van der Waals surface area contributed by atoms with Crippen LogP contribution in [-0.2, 0) is 21.2 Å². The van der Waals surface area contributed by atoms with E-state index in [4.69, 9.17) is 11.1 Å². The van der Waals surface area contributed by atoms with Crippen LogP contribution in [0.1, 0.15) is 11.1 Å². The van der Waals surface area contributed by atoms with Gasteiger partial charge in [0.05, 0.1) is 4.90 Å². The monoisotopic (exact) mass is 422 g/mol. The van der Waals surface area contributed by atoms with Crippen LogP contribution in [0.15, 0.2) is 89.8 Å². The summed E-state index contributed by atoms with van der Waals surface area (Å²) in [6.45, 7) is 0. The molecule has 1 amide bonds. The Hall–Kier alpha value is -3.49. The van der Waals surface area contributed by atoms with Crippen LogP contribution in [0, 0.1) is 5.41 Å². The molecule has 0 aliphatic carbocycles. The van der Waals surface area contributed by atoms with Crippen molar-refractivity contribution in [1.29, 1.82) is 5.41 Å². The Morgan fingerprint density at radius 2 is 1.47 bits per heavy atom. The minimum absolute atomic E-state index is 0.0157. The van der Waals surface area contributed by atoms with E-state index in [0.717, 1.165) is 5.56 Å². The third kappa shape index (κ3) is 5.53. The van der Waals surface area contributed by atoms with E-state index in [0.29, 0.717) is 11.3 Å². The van der Waals surface area contributed by atoms with Gasteiger partial charge in [0.2, 0.25) is 15.9 Å². The Balaban J connectivity index is 1.85. The Kier molecular flexibility index (Phi) is 6.61. The zero-order valence-corrected chi connectivity index (χ0v) is 16.9. The molecule has 7 nitrogen and oxygen atoms in total. The minimum atomic E-state index is -3.98.